The summed E-state index contributed by atoms with van der Waals surface area (Å²) in [4.78, 5) is 18.1. The van der Waals surface area contributed by atoms with Gasteiger partial charge in [0.2, 0.25) is 0 Å². The standard InChI is InChI=1S/C52H54ClF4N5O7S3/c1-34-48(51(64)65)49(50(59(34)2)36-8-11-38(53)12-9-36)45-31-41(17-19-46(45)54)62-28-26-61(27-29-62)40-15-13-39(14-16-40)58-72(68,69)44-18-10-37(47(32-44)71(66,67)52(55,56)57)30-35(33-70-43-6-4-3-5-7-43)20-23-60-24-21-42(63)22-25-60/h3-19,31-32,35,42,58,63H,20-30,33H2,1-2H3,(H,64,65)/t35-/m0/s1. The highest BCUT2D eigenvalue weighted by atomic mass is 35.5. The maximum Gasteiger partial charge on any atom is 0.501 e. The first kappa shape index (κ1) is 52.7. The molecular weight excluding hydrogens is 1010 g/mol. The molecule has 382 valence electrons. The van der Waals surface area contributed by atoms with Crippen LogP contribution < -0.4 is 14.5 Å². The normalized spacial score (nSPS) is 15.7. The highest BCUT2D eigenvalue weighted by Gasteiger charge is 2.48. The Hall–Kier alpha value is -5.57. The molecule has 12 nitrogen and oxygen atoms in total. The minimum Gasteiger partial charge on any atom is -0.478 e. The van der Waals surface area contributed by atoms with Crippen LogP contribution in [-0.4, -0.2) is 106 Å². The number of piperidine rings is 1. The average molecular weight is 1070 g/mol. The van der Waals surface area contributed by atoms with E-state index in [1.54, 1.807) is 67.1 Å². The number of aliphatic hydroxyl groups is 1. The molecule has 2 fully saturated rings. The van der Waals surface area contributed by atoms with E-state index in [4.69, 9.17) is 11.6 Å². The van der Waals surface area contributed by atoms with Crippen molar-refractivity contribution in [3.8, 4) is 22.4 Å². The third kappa shape index (κ3) is 11.8. The van der Waals surface area contributed by atoms with Crippen LogP contribution in [0.2, 0.25) is 5.02 Å². The number of carbonyl (C=O) groups is 1. The van der Waals surface area contributed by atoms with Crippen molar-refractivity contribution in [1.29, 1.82) is 0 Å². The van der Waals surface area contributed by atoms with E-state index in [0.29, 0.717) is 105 Å². The molecule has 3 N–H and O–H groups in total. The lowest BCUT2D eigenvalue weighted by Gasteiger charge is -2.37. The number of benzene rings is 5. The number of nitrogens with one attached hydrogen (secondary N) is 1. The number of thioether (sulfide) groups is 1. The van der Waals surface area contributed by atoms with Gasteiger partial charge in [-0.15, -0.1) is 11.8 Å². The number of piperazine rings is 1. The van der Waals surface area contributed by atoms with E-state index in [-0.39, 0.29) is 46.4 Å². The minimum absolute atomic E-state index is 0.0118. The van der Waals surface area contributed by atoms with Crippen LogP contribution in [0.25, 0.3) is 22.4 Å². The van der Waals surface area contributed by atoms with Crippen LogP contribution in [0.1, 0.15) is 40.9 Å². The first-order valence-corrected chi connectivity index (χ1v) is 27.7. The van der Waals surface area contributed by atoms with Crippen molar-refractivity contribution in [3.05, 3.63) is 143 Å². The molecule has 2 aliphatic rings. The Kier molecular flexibility index (Phi) is 16.0. The van der Waals surface area contributed by atoms with Crippen LogP contribution in [0, 0.1) is 18.7 Å². The Bertz CT molecular complexity index is 3130. The van der Waals surface area contributed by atoms with Gasteiger partial charge in [0, 0.05) is 95.9 Å². The van der Waals surface area contributed by atoms with Crippen LogP contribution in [0.3, 0.4) is 0 Å². The molecule has 6 aromatic rings. The van der Waals surface area contributed by atoms with Crippen molar-refractivity contribution in [3.63, 3.8) is 0 Å². The molecule has 8 rings (SSSR count). The van der Waals surface area contributed by atoms with Crippen molar-refractivity contribution < 1.29 is 49.4 Å². The van der Waals surface area contributed by atoms with E-state index >= 15 is 4.39 Å². The highest BCUT2D eigenvalue weighted by molar-refractivity contribution is 7.99. The van der Waals surface area contributed by atoms with Crippen LogP contribution in [-0.2, 0) is 33.3 Å². The molecule has 0 amide bonds. The van der Waals surface area contributed by atoms with Crippen molar-refractivity contribution in [1.82, 2.24) is 9.47 Å². The summed E-state index contributed by atoms with van der Waals surface area (Å²) >= 11 is 7.66. The van der Waals surface area contributed by atoms with Gasteiger partial charge in [-0.05, 0) is 135 Å². The number of likely N-dealkylation sites (tertiary alicyclic amines) is 1. The molecule has 20 heteroatoms. The van der Waals surface area contributed by atoms with Gasteiger partial charge in [0.05, 0.1) is 27.2 Å². The Morgan fingerprint density at radius 1 is 0.833 bits per heavy atom. The van der Waals surface area contributed by atoms with Gasteiger partial charge in [0.15, 0.2) is 0 Å². The average Bonchev–Trinajstić information content (AvgIpc) is 3.62. The molecule has 3 heterocycles. The van der Waals surface area contributed by atoms with Crippen LogP contribution >= 0.6 is 23.4 Å². The van der Waals surface area contributed by atoms with Crippen LogP contribution in [0.15, 0.2) is 130 Å². The van der Waals surface area contributed by atoms with E-state index in [1.807, 2.05) is 30.3 Å². The van der Waals surface area contributed by atoms with E-state index in [0.717, 1.165) is 22.7 Å². The summed E-state index contributed by atoms with van der Waals surface area (Å²) in [6.07, 6.45) is 1.31. The summed E-state index contributed by atoms with van der Waals surface area (Å²) in [5.41, 5.74) is -2.27. The van der Waals surface area contributed by atoms with Gasteiger partial charge in [-0.1, -0.05) is 48.0 Å². The number of sulfone groups is 1. The molecular formula is C52H54ClF4N5O7S3. The molecule has 1 aromatic heterocycles. The van der Waals surface area contributed by atoms with Crippen LogP contribution in [0.5, 0.6) is 0 Å². The van der Waals surface area contributed by atoms with Gasteiger partial charge in [-0.25, -0.2) is 26.0 Å². The SMILES string of the molecule is Cc1c(C(=O)O)c(-c2cc(N3CCN(c4ccc(NS(=O)(=O)c5ccc(C[C@H](CCN6CCC(O)CC6)CSc6ccccc6)c(S(=O)(=O)C(F)(F)F)c5)cc4)CC3)ccc2F)c(-c2ccc(Cl)cc2)n1C. The van der Waals surface area contributed by atoms with E-state index in [2.05, 4.69) is 19.4 Å². The number of aromatic carboxylic acids is 1. The largest absolute Gasteiger partial charge is 0.501 e. The van der Waals surface area contributed by atoms with Gasteiger partial charge in [-0.3, -0.25) is 4.72 Å². The number of hydrogen-bond donors (Lipinski definition) is 3. The first-order chi connectivity index (χ1) is 34.2. The summed E-state index contributed by atoms with van der Waals surface area (Å²) in [7, 11) is -8.84. The summed E-state index contributed by atoms with van der Waals surface area (Å²) in [5, 5.41) is 20.8. The second kappa shape index (κ2) is 21.9. The number of halogens is 5. The molecule has 5 aromatic carbocycles. The molecule has 72 heavy (non-hydrogen) atoms. The van der Waals surface area contributed by atoms with Gasteiger partial charge >= 0.3 is 11.5 Å². The number of aliphatic hydroxyl groups excluding tert-OH is 1. The van der Waals surface area contributed by atoms with E-state index < -0.39 is 46.9 Å². The molecule has 0 aliphatic carbocycles. The van der Waals surface area contributed by atoms with Crippen molar-refractivity contribution >= 4 is 66.3 Å². The van der Waals surface area contributed by atoms with Gasteiger partial charge in [-0.2, -0.15) is 13.2 Å². The fraction of sp³-hybridized carbons (Fsp3) is 0.327. The zero-order valence-electron chi connectivity index (χ0n) is 39.4. The molecule has 0 spiro atoms. The minimum atomic E-state index is -5.98. The number of carboxylic acid groups (broad SMARTS) is 1. The van der Waals surface area contributed by atoms with E-state index in [9.17, 15) is 45.0 Å². The smallest absolute Gasteiger partial charge is 0.478 e. The number of sulfonamides is 1. The zero-order valence-corrected chi connectivity index (χ0v) is 42.7. The van der Waals surface area contributed by atoms with Crippen molar-refractivity contribution in [2.24, 2.45) is 13.0 Å². The number of alkyl halides is 3. The zero-order chi connectivity index (χ0) is 51.5. The molecule has 2 saturated heterocycles. The Morgan fingerprint density at radius 3 is 2.08 bits per heavy atom. The van der Waals surface area contributed by atoms with E-state index in [1.165, 1.54) is 30.0 Å². The molecule has 0 unspecified atom stereocenters. The predicted octanol–water partition coefficient (Wildman–Crippen LogP) is 10.4. The summed E-state index contributed by atoms with van der Waals surface area (Å²) in [6, 6.07) is 30.2. The highest BCUT2D eigenvalue weighted by Crippen LogP contribution is 2.42. The number of carboxylic acids is 1. The number of nitrogens with zero attached hydrogens (tertiary/aromatic N) is 4. The first-order valence-electron chi connectivity index (χ1n) is 23.3. The molecule has 0 saturated carbocycles. The number of rotatable bonds is 17. The quantitative estimate of drug-likeness (QED) is 0.0591. The Balaban J connectivity index is 0.969. The van der Waals surface area contributed by atoms with Gasteiger partial charge in [0.1, 0.15) is 5.82 Å². The third-order valence-corrected chi connectivity index (χ3v) is 17.9. The second-order valence-electron chi connectivity index (χ2n) is 18.1. The Morgan fingerprint density at radius 2 is 1.46 bits per heavy atom. The number of aromatic nitrogens is 1. The lowest BCUT2D eigenvalue weighted by atomic mass is 9.95. The molecule has 2 aliphatic heterocycles. The summed E-state index contributed by atoms with van der Waals surface area (Å²) in [6.45, 7) is 5.61. The maximum atomic E-state index is 15.8. The fourth-order valence-corrected chi connectivity index (χ4v) is 12.8. The van der Waals surface area contributed by atoms with Crippen molar-refractivity contribution in [2.45, 2.75) is 58.9 Å². The molecule has 0 bridgehead atoms. The monoisotopic (exact) mass is 1070 g/mol. The Labute approximate surface area is 426 Å². The lowest BCUT2D eigenvalue weighted by Crippen LogP contribution is -2.46. The second-order valence-corrected chi connectivity index (χ2v) is 23.2. The molecule has 1 atom stereocenters. The van der Waals surface area contributed by atoms with Gasteiger partial charge < -0.3 is 29.5 Å². The van der Waals surface area contributed by atoms with Crippen LogP contribution in [0.4, 0.5) is 34.6 Å². The summed E-state index contributed by atoms with van der Waals surface area (Å²) in [5.74, 6) is -1.59. The van der Waals surface area contributed by atoms with Gasteiger partial charge in [0.25, 0.3) is 19.9 Å². The third-order valence-electron chi connectivity index (χ3n) is 13.5. The lowest BCUT2D eigenvalue weighted by molar-refractivity contribution is -0.0436. The van der Waals surface area contributed by atoms with Crippen molar-refractivity contribution in [2.75, 3.05) is 66.1 Å². The summed E-state index contributed by atoms with van der Waals surface area (Å²) < 4.78 is 117. The maximum absolute atomic E-state index is 15.8. The fourth-order valence-electron chi connectivity index (χ4n) is 9.39. The number of anilines is 3. The topological polar surface area (TPSA) is 152 Å². The number of hydrogen-bond acceptors (Lipinski definition) is 10. The molecule has 0 radical (unpaired) electrons. The predicted molar refractivity (Wildman–Crippen MR) is 275 cm³/mol.